The third-order valence-corrected chi connectivity index (χ3v) is 3.46. The molecule has 2 aromatic carbocycles. The Morgan fingerprint density at radius 2 is 1.83 bits per heavy atom. The Hall–Kier alpha value is -2.89. The van der Waals surface area contributed by atoms with Crippen molar-refractivity contribution in [1.29, 1.82) is 0 Å². The van der Waals surface area contributed by atoms with Gasteiger partial charge in [-0.05, 0) is 39.0 Å². The van der Waals surface area contributed by atoms with E-state index >= 15 is 0 Å². The molecule has 0 bridgehead atoms. The van der Waals surface area contributed by atoms with Crippen molar-refractivity contribution >= 4 is 17.3 Å². The van der Waals surface area contributed by atoms with Crippen LogP contribution in [0.15, 0.2) is 42.5 Å². The Morgan fingerprint density at radius 3 is 2.43 bits per heavy atom. The van der Waals surface area contributed by atoms with Gasteiger partial charge in [-0.3, -0.25) is 14.9 Å². The number of anilines is 1. The summed E-state index contributed by atoms with van der Waals surface area (Å²) in [6.07, 6.45) is -0.726. The number of nitrogens with one attached hydrogen (secondary N) is 1. The number of carbonyl (C=O) groups is 1. The lowest BCUT2D eigenvalue weighted by molar-refractivity contribution is -0.385. The molecule has 1 N–H and O–H groups in total. The highest BCUT2D eigenvalue weighted by atomic mass is 16.6. The lowest BCUT2D eigenvalue weighted by atomic mass is 10.1. The van der Waals surface area contributed by atoms with Gasteiger partial charge in [0, 0.05) is 6.07 Å². The number of hydrogen-bond donors (Lipinski definition) is 1. The minimum absolute atomic E-state index is 0.0325. The average molecular weight is 314 g/mol. The molecule has 0 unspecified atom stereocenters. The van der Waals surface area contributed by atoms with Crippen molar-refractivity contribution in [3.8, 4) is 5.75 Å². The summed E-state index contributed by atoms with van der Waals surface area (Å²) in [7, 11) is 0. The first kappa shape index (κ1) is 16.5. The van der Waals surface area contributed by atoms with Crippen molar-refractivity contribution in [2.24, 2.45) is 0 Å². The molecular formula is C17H18N2O4. The van der Waals surface area contributed by atoms with E-state index in [4.69, 9.17) is 4.74 Å². The first-order valence-electron chi connectivity index (χ1n) is 7.16. The maximum Gasteiger partial charge on any atom is 0.274 e. The molecule has 1 atom stereocenters. The third-order valence-electron chi connectivity index (χ3n) is 3.46. The van der Waals surface area contributed by atoms with Crippen LogP contribution in [0, 0.1) is 24.0 Å². The van der Waals surface area contributed by atoms with E-state index in [0.29, 0.717) is 17.0 Å². The number of nitrogens with zero attached hydrogens (tertiary/aromatic N) is 1. The van der Waals surface area contributed by atoms with Crippen molar-refractivity contribution < 1.29 is 14.5 Å². The highest BCUT2D eigenvalue weighted by Crippen LogP contribution is 2.25. The van der Waals surface area contributed by atoms with Crippen LogP contribution in [0.1, 0.15) is 18.1 Å². The number of rotatable bonds is 5. The van der Waals surface area contributed by atoms with Crippen molar-refractivity contribution in [3.05, 3.63) is 63.7 Å². The summed E-state index contributed by atoms with van der Waals surface area (Å²) in [4.78, 5) is 22.7. The number of ether oxygens (including phenoxy) is 1. The molecule has 0 fully saturated rings. The fourth-order valence-electron chi connectivity index (χ4n) is 2.07. The van der Waals surface area contributed by atoms with Crippen LogP contribution in [0.3, 0.4) is 0 Å². The van der Waals surface area contributed by atoms with Gasteiger partial charge in [0.05, 0.1) is 16.2 Å². The molecule has 23 heavy (non-hydrogen) atoms. The van der Waals surface area contributed by atoms with Gasteiger partial charge in [-0.1, -0.05) is 23.8 Å². The van der Waals surface area contributed by atoms with Gasteiger partial charge in [0.25, 0.3) is 11.6 Å². The van der Waals surface area contributed by atoms with E-state index in [1.54, 1.807) is 32.0 Å². The highest BCUT2D eigenvalue weighted by molar-refractivity contribution is 5.95. The quantitative estimate of drug-likeness (QED) is 0.675. The van der Waals surface area contributed by atoms with Gasteiger partial charge >= 0.3 is 0 Å². The molecule has 6 nitrogen and oxygen atoms in total. The van der Waals surface area contributed by atoms with Crippen LogP contribution in [0.25, 0.3) is 0 Å². The summed E-state index contributed by atoms with van der Waals surface area (Å²) >= 11 is 0. The number of nitro benzene ring substituents is 1. The van der Waals surface area contributed by atoms with Gasteiger partial charge in [-0.25, -0.2) is 0 Å². The van der Waals surface area contributed by atoms with Gasteiger partial charge < -0.3 is 10.1 Å². The van der Waals surface area contributed by atoms with Crippen LogP contribution in [-0.2, 0) is 4.79 Å². The predicted octanol–water partition coefficient (Wildman–Crippen LogP) is 3.62. The third kappa shape index (κ3) is 4.06. The molecule has 6 heteroatoms. The smallest absolute Gasteiger partial charge is 0.274 e. The van der Waals surface area contributed by atoms with E-state index in [-0.39, 0.29) is 11.6 Å². The normalized spacial score (nSPS) is 11.6. The molecule has 2 aromatic rings. The molecule has 0 radical (unpaired) electrons. The Morgan fingerprint density at radius 1 is 1.17 bits per heavy atom. The molecule has 0 saturated carbocycles. The minimum atomic E-state index is -0.726. The molecule has 120 valence electrons. The standard InChI is InChI=1S/C17H18N2O4/c1-11-7-9-14(10-8-11)23-13(3)17(20)18-15-5-4-6-16(12(15)2)19(21)22/h4-10,13H,1-3H3,(H,18,20)/t13-/m1/s1. The van der Waals surface area contributed by atoms with E-state index in [1.165, 1.54) is 12.1 Å². The van der Waals surface area contributed by atoms with Crippen LogP contribution in [0.2, 0.25) is 0 Å². The molecule has 0 spiro atoms. The molecule has 1 amide bonds. The second kappa shape index (κ2) is 6.91. The molecule has 0 aliphatic rings. The highest BCUT2D eigenvalue weighted by Gasteiger charge is 2.19. The Bertz CT molecular complexity index is 726. The molecule has 0 heterocycles. The van der Waals surface area contributed by atoms with Crippen LogP contribution in [0.5, 0.6) is 5.75 Å². The molecule has 0 aliphatic carbocycles. The zero-order chi connectivity index (χ0) is 17.0. The van der Waals surface area contributed by atoms with Gasteiger partial charge in [0.2, 0.25) is 0 Å². The van der Waals surface area contributed by atoms with Crippen molar-refractivity contribution in [1.82, 2.24) is 0 Å². The van der Waals surface area contributed by atoms with Crippen molar-refractivity contribution in [2.45, 2.75) is 26.9 Å². The number of amides is 1. The predicted molar refractivity (Wildman–Crippen MR) is 87.7 cm³/mol. The fraction of sp³-hybridized carbons (Fsp3) is 0.235. The van der Waals surface area contributed by atoms with Crippen molar-refractivity contribution in [2.75, 3.05) is 5.32 Å². The zero-order valence-electron chi connectivity index (χ0n) is 13.2. The number of aryl methyl sites for hydroxylation is 1. The summed E-state index contributed by atoms with van der Waals surface area (Å²) < 4.78 is 5.57. The van der Waals surface area contributed by atoms with E-state index in [9.17, 15) is 14.9 Å². The van der Waals surface area contributed by atoms with Gasteiger partial charge in [0.1, 0.15) is 5.75 Å². The first-order valence-corrected chi connectivity index (χ1v) is 7.16. The summed E-state index contributed by atoms with van der Waals surface area (Å²) in [5.41, 5.74) is 1.88. The van der Waals surface area contributed by atoms with Crippen LogP contribution in [0.4, 0.5) is 11.4 Å². The van der Waals surface area contributed by atoms with Gasteiger partial charge in [0.15, 0.2) is 6.10 Å². The molecule has 0 aromatic heterocycles. The summed E-state index contributed by atoms with van der Waals surface area (Å²) in [5, 5.41) is 13.6. The van der Waals surface area contributed by atoms with Crippen LogP contribution in [-0.4, -0.2) is 16.9 Å². The minimum Gasteiger partial charge on any atom is -0.481 e. The largest absolute Gasteiger partial charge is 0.481 e. The lowest BCUT2D eigenvalue weighted by Crippen LogP contribution is -2.30. The Labute approximate surface area is 134 Å². The number of benzene rings is 2. The van der Waals surface area contributed by atoms with Gasteiger partial charge in [-0.2, -0.15) is 0 Å². The van der Waals surface area contributed by atoms with E-state index in [2.05, 4.69) is 5.32 Å². The maximum atomic E-state index is 12.2. The number of carbonyl (C=O) groups excluding carboxylic acids is 1. The fourth-order valence-corrected chi connectivity index (χ4v) is 2.07. The molecule has 2 rings (SSSR count). The second-order valence-corrected chi connectivity index (χ2v) is 5.27. The van der Waals surface area contributed by atoms with E-state index < -0.39 is 11.0 Å². The van der Waals surface area contributed by atoms with E-state index in [1.807, 2.05) is 19.1 Å². The summed E-state index contributed by atoms with van der Waals surface area (Å²) in [6.45, 7) is 5.19. The molecular weight excluding hydrogens is 296 g/mol. The Kier molecular flexibility index (Phi) is 4.95. The first-order chi connectivity index (χ1) is 10.9. The zero-order valence-corrected chi connectivity index (χ0v) is 13.2. The molecule has 0 saturated heterocycles. The molecule has 0 aliphatic heterocycles. The lowest BCUT2D eigenvalue weighted by Gasteiger charge is -2.15. The number of nitro groups is 1. The average Bonchev–Trinajstić information content (AvgIpc) is 2.51. The van der Waals surface area contributed by atoms with Gasteiger partial charge in [-0.15, -0.1) is 0 Å². The Balaban J connectivity index is 2.08. The summed E-state index contributed by atoms with van der Waals surface area (Å²) in [5.74, 6) is 0.225. The van der Waals surface area contributed by atoms with Crippen molar-refractivity contribution in [3.63, 3.8) is 0 Å². The SMILES string of the molecule is Cc1ccc(O[C@H](C)C(=O)Nc2cccc([N+](=O)[O-])c2C)cc1. The number of hydrogen-bond acceptors (Lipinski definition) is 4. The van der Waals surface area contributed by atoms with E-state index in [0.717, 1.165) is 5.56 Å². The maximum absolute atomic E-state index is 12.2. The topological polar surface area (TPSA) is 81.5 Å². The van der Waals surface area contributed by atoms with Crippen LogP contribution >= 0.6 is 0 Å². The van der Waals surface area contributed by atoms with Crippen LogP contribution < -0.4 is 10.1 Å². The monoisotopic (exact) mass is 314 g/mol. The summed E-state index contributed by atoms with van der Waals surface area (Å²) in [6, 6.07) is 11.9. The second-order valence-electron chi connectivity index (χ2n) is 5.27.